The number of nitrogens with one attached hydrogen (secondary N) is 2. The fourth-order valence-electron chi connectivity index (χ4n) is 2.98. The molecule has 2 amide bonds. The van der Waals surface area contributed by atoms with Crippen molar-refractivity contribution in [3.05, 3.63) is 63.5 Å². The van der Waals surface area contributed by atoms with Crippen LogP contribution in [0.25, 0.3) is 5.82 Å². The monoisotopic (exact) mass is 544 g/mol. The molecule has 3 rings (SSSR count). The predicted molar refractivity (Wildman–Crippen MR) is 126 cm³/mol. The Balaban J connectivity index is 1.88. The van der Waals surface area contributed by atoms with Gasteiger partial charge in [-0.2, -0.15) is 22.8 Å². The van der Waals surface area contributed by atoms with Gasteiger partial charge in [0.1, 0.15) is 0 Å². The number of alkyl halides is 3. The van der Waals surface area contributed by atoms with Crippen LogP contribution in [0.15, 0.2) is 36.5 Å². The summed E-state index contributed by atoms with van der Waals surface area (Å²) >= 11 is 11.7. The molecular weight excluding hydrogens is 524 g/mol. The molecule has 0 spiro atoms. The van der Waals surface area contributed by atoms with E-state index in [4.69, 9.17) is 27.9 Å². The highest BCUT2D eigenvalue weighted by molar-refractivity contribution is 6.31. The summed E-state index contributed by atoms with van der Waals surface area (Å²) in [6.45, 7) is 3.69. The molecule has 1 aromatic carbocycles. The smallest absolute Gasteiger partial charge is 0.416 e. The van der Waals surface area contributed by atoms with Crippen LogP contribution < -0.4 is 10.6 Å². The van der Waals surface area contributed by atoms with E-state index >= 15 is 0 Å². The second-order valence-electron chi connectivity index (χ2n) is 7.58. The maximum absolute atomic E-state index is 13.1. The number of benzene rings is 1. The quantitative estimate of drug-likeness (QED) is 0.345. The van der Waals surface area contributed by atoms with Gasteiger partial charge < -0.3 is 10.1 Å². The van der Waals surface area contributed by atoms with E-state index in [1.165, 1.54) is 23.9 Å². The van der Waals surface area contributed by atoms with Gasteiger partial charge in [0.15, 0.2) is 11.6 Å². The summed E-state index contributed by atoms with van der Waals surface area (Å²) in [5.41, 5.74) is -1.36. The van der Waals surface area contributed by atoms with Crippen LogP contribution >= 0.6 is 23.2 Å². The molecule has 1 atom stereocenters. The number of amides is 2. The van der Waals surface area contributed by atoms with Crippen molar-refractivity contribution in [2.24, 2.45) is 0 Å². The molecule has 36 heavy (non-hydrogen) atoms. The number of nitrogens with zero attached hydrogens (tertiary/aromatic N) is 4. The molecule has 0 radical (unpaired) electrons. The zero-order valence-corrected chi connectivity index (χ0v) is 20.6. The molecule has 0 bridgehead atoms. The maximum Gasteiger partial charge on any atom is 0.416 e. The van der Waals surface area contributed by atoms with E-state index in [9.17, 15) is 22.8 Å². The van der Waals surface area contributed by atoms with E-state index in [0.717, 1.165) is 18.6 Å². The van der Waals surface area contributed by atoms with Gasteiger partial charge >= 0.3 is 12.3 Å². The fraction of sp³-hybridized carbons (Fsp3) is 0.318. The molecule has 0 fully saturated rings. The van der Waals surface area contributed by atoms with Crippen LogP contribution in [-0.4, -0.2) is 38.4 Å². The number of pyridine rings is 1. The number of unbranched alkanes of at least 4 members (excludes halogenated alkanes) is 1. The van der Waals surface area contributed by atoms with Gasteiger partial charge in [0.25, 0.3) is 11.9 Å². The third-order valence-corrected chi connectivity index (χ3v) is 5.17. The molecule has 3 aromatic rings. The Kier molecular flexibility index (Phi) is 8.75. The summed E-state index contributed by atoms with van der Waals surface area (Å²) in [5.74, 6) is -0.577. The van der Waals surface area contributed by atoms with E-state index in [2.05, 4.69) is 25.7 Å². The van der Waals surface area contributed by atoms with E-state index in [1.54, 1.807) is 6.07 Å². The Hall–Kier alpha value is -3.38. The number of ether oxygens (including phenoxy) is 1. The largest absolute Gasteiger partial charge is 0.449 e. The SMILES string of the molecule is CCCCOC(=O)Nc1nc(C(C)NC(=O)c2cc(Cl)cc(C(F)(F)F)c2)n(-c2ccc(Cl)cn2)n1. The lowest BCUT2D eigenvalue weighted by atomic mass is 10.1. The minimum Gasteiger partial charge on any atom is -0.449 e. The molecule has 0 saturated heterocycles. The Labute approximate surface area is 214 Å². The normalized spacial score (nSPS) is 12.2. The summed E-state index contributed by atoms with van der Waals surface area (Å²) in [5, 5.41) is 9.29. The first kappa shape index (κ1) is 27.2. The molecule has 0 aliphatic carbocycles. The lowest BCUT2D eigenvalue weighted by Gasteiger charge is -2.15. The van der Waals surface area contributed by atoms with Crippen LogP contribution in [0.4, 0.5) is 23.9 Å². The average molecular weight is 545 g/mol. The maximum atomic E-state index is 13.1. The molecule has 192 valence electrons. The van der Waals surface area contributed by atoms with Crippen LogP contribution in [0, 0.1) is 0 Å². The number of halogens is 5. The third-order valence-electron chi connectivity index (χ3n) is 4.73. The topological polar surface area (TPSA) is 111 Å². The number of carbonyl (C=O) groups is 2. The highest BCUT2D eigenvalue weighted by Crippen LogP contribution is 2.32. The fourth-order valence-corrected chi connectivity index (χ4v) is 3.33. The molecule has 0 saturated carbocycles. The number of rotatable bonds is 8. The van der Waals surface area contributed by atoms with Gasteiger partial charge in [-0.25, -0.2) is 9.78 Å². The van der Waals surface area contributed by atoms with Gasteiger partial charge in [-0.3, -0.25) is 10.1 Å². The molecule has 9 nitrogen and oxygen atoms in total. The molecule has 2 N–H and O–H groups in total. The first-order valence-electron chi connectivity index (χ1n) is 10.7. The van der Waals surface area contributed by atoms with Crippen molar-refractivity contribution in [1.29, 1.82) is 0 Å². The highest BCUT2D eigenvalue weighted by Gasteiger charge is 2.32. The zero-order valence-electron chi connectivity index (χ0n) is 19.1. The summed E-state index contributed by atoms with van der Waals surface area (Å²) < 4.78 is 45.7. The lowest BCUT2D eigenvalue weighted by molar-refractivity contribution is -0.137. The van der Waals surface area contributed by atoms with Crippen LogP contribution in [0.2, 0.25) is 10.0 Å². The molecule has 0 aliphatic rings. The van der Waals surface area contributed by atoms with Crippen molar-refractivity contribution < 1.29 is 27.5 Å². The van der Waals surface area contributed by atoms with Crippen LogP contribution in [-0.2, 0) is 10.9 Å². The van der Waals surface area contributed by atoms with Crippen molar-refractivity contribution in [2.75, 3.05) is 11.9 Å². The standard InChI is InChI=1S/C22H21Cl2F3N6O3/c1-3-4-7-36-21(35)31-20-30-18(33(32-20)17-6-5-15(23)11-28-17)12(2)29-19(34)13-8-14(22(25,26)27)10-16(24)9-13/h5-6,8-12H,3-4,7H2,1-2H3,(H,29,34)(H,31,32,35). The van der Waals surface area contributed by atoms with Crippen LogP contribution in [0.5, 0.6) is 0 Å². The number of carbonyl (C=O) groups excluding carboxylic acids is 2. The van der Waals surface area contributed by atoms with Crippen LogP contribution in [0.3, 0.4) is 0 Å². The zero-order chi connectivity index (χ0) is 26.5. The highest BCUT2D eigenvalue weighted by atomic mass is 35.5. The van der Waals surface area contributed by atoms with E-state index in [1.807, 2.05) is 6.92 Å². The van der Waals surface area contributed by atoms with Crippen molar-refractivity contribution in [2.45, 2.75) is 38.9 Å². The third kappa shape index (κ3) is 7.08. The molecule has 2 aromatic heterocycles. The Bertz CT molecular complexity index is 1230. The van der Waals surface area contributed by atoms with Gasteiger partial charge in [0, 0.05) is 16.8 Å². The minimum absolute atomic E-state index is 0.125. The number of aromatic nitrogens is 4. The average Bonchev–Trinajstić information content (AvgIpc) is 3.22. The predicted octanol–water partition coefficient (Wildman–Crippen LogP) is 5.83. The van der Waals surface area contributed by atoms with E-state index in [-0.39, 0.29) is 34.8 Å². The number of hydrogen-bond donors (Lipinski definition) is 2. The first-order valence-corrected chi connectivity index (χ1v) is 11.4. The molecule has 2 heterocycles. The van der Waals surface area contributed by atoms with Gasteiger partial charge in [-0.15, -0.1) is 5.10 Å². The Morgan fingerprint density at radius 1 is 1.17 bits per heavy atom. The molecule has 0 aliphatic heterocycles. The summed E-state index contributed by atoms with van der Waals surface area (Å²) in [7, 11) is 0. The van der Waals surface area contributed by atoms with Gasteiger partial charge in [0.05, 0.1) is 23.2 Å². The van der Waals surface area contributed by atoms with Gasteiger partial charge in [-0.05, 0) is 43.7 Å². The van der Waals surface area contributed by atoms with Gasteiger partial charge in [0.2, 0.25) is 0 Å². The lowest BCUT2D eigenvalue weighted by Crippen LogP contribution is -2.29. The second kappa shape index (κ2) is 11.6. The van der Waals surface area contributed by atoms with Crippen molar-refractivity contribution in [1.82, 2.24) is 25.1 Å². The molecule has 1 unspecified atom stereocenters. The van der Waals surface area contributed by atoms with Crippen molar-refractivity contribution in [3.8, 4) is 5.82 Å². The summed E-state index contributed by atoms with van der Waals surface area (Å²) in [4.78, 5) is 33.2. The molecular formula is C22H21Cl2F3N6O3. The van der Waals surface area contributed by atoms with E-state index in [0.29, 0.717) is 17.5 Å². The minimum atomic E-state index is -4.68. The first-order chi connectivity index (χ1) is 17.0. The Morgan fingerprint density at radius 2 is 1.92 bits per heavy atom. The summed E-state index contributed by atoms with van der Waals surface area (Å²) in [6, 6.07) is 4.73. The van der Waals surface area contributed by atoms with Gasteiger partial charge in [-0.1, -0.05) is 36.5 Å². The van der Waals surface area contributed by atoms with E-state index < -0.39 is 29.8 Å². The number of hydrogen-bond acceptors (Lipinski definition) is 6. The second-order valence-corrected chi connectivity index (χ2v) is 8.45. The van der Waals surface area contributed by atoms with Crippen molar-refractivity contribution >= 4 is 41.2 Å². The summed E-state index contributed by atoms with van der Waals surface area (Å²) in [6.07, 6.45) is -2.58. The Morgan fingerprint density at radius 3 is 2.56 bits per heavy atom. The molecule has 14 heteroatoms. The van der Waals surface area contributed by atoms with Crippen molar-refractivity contribution in [3.63, 3.8) is 0 Å². The van der Waals surface area contributed by atoms with Crippen LogP contribution in [0.1, 0.15) is 54.5 Å². The number of anilines is 1.